The summed E-state index contributed by atoms with van der Waals surface area (Å²) in [7, 11) is 0. The summed E-state index contributed by atoms with van der Waals surface area (Å²) in [4.78, 5) is 15.2. The number of hydrogen-bond acceptors (Lipinski definition) is 3. The molecule has 4 nitrogen and oxygen atoms in total. The number of phenols is 1. The number of H-pyrrole nitrogens is 1. The van der Waals surface area contributed by atoms with Crippen molar-refractivity contribution in [2.45, 2.75) is 0 Å². The second-order valence-corrected chi connectivity index (χ2v) is 6.48. The number of furan rings is 1. The minimum Gasteiger partial charge on any atom is -0.508 e. The summed E-state index contributed by atoms with van der Waals surface area (Å²) in [6.07, 6.45) is 0. The molecule has 0 bridgehead atoms. The maximum absolute atomic E-state index is 11.7. The molecule has 0 spiro atoms. The van der Waals surface area contributed by atoms with E-state index in [1.54, 1.807) is 24.3 Å². The molecule has 5 aromatic rings. The lowest BCUT2D eigenvalue weighted by molar-refractivity contribution is 0.475. The molecule has 3 aromatic carbocycles. The molecular weight excluding hydrogens is 338 g/mol. The molecule has 2 heterocycles. The molecule has 27 heavy (non-hydrogen) atoms. The van der Waals surface area contributed by atoms with Crippen molar-refractivity contribution in [2.24, 2.45) is 0 Å². The predicted molar refractivity (Wildman–Crippen MR) is 107 cm³/mol. The Morgan fingerprint density at radius 1 is 0.815 bits per heavy atom. The third-order valence-corrected chi connectivity index (χ3v) is 4.70. The van der Waals surface area contributed by atoms with Crippen LogP contribution in [0.2, 0.25) is 0 Å². The molecule has 0 aliphatic carbocycles. The van der Waals surface area contributed by atoms with Gasteiger partial charge in [0.1, 0.15) is 11.3 Å². The van der Waals surface area contributed by atoms with E-state index in [1.165, 1.54) is 12.1 Å². The van der Waals surface area contributed by atoms with Crippen molar-refractivity contribution in [3.05, 3.63) is 89.1 Å². The SMILES string of the molecule is O=c1ccc2c(c1)oc1c(-c3cccc(O)c3)cc(-c3ccccc3)[nH]c12. The van der Waals surface area contributed by atoms with Crippen LogP contribution in [0.3, 0.4) is 0 Å². The summed E-state index contributed by atoms with van der Waals surface area (Å²) in [5.41, 5.74) is 5.58. The summed E-state index contributed by atoms with van der Waals surface area (Å²) in [5.74, 6) is 0.188. The lowest BCUT2D eigenvalue weighted by Crippen LogP contribution is -1.92. The molecule has 0 atom stereocenters. The second-order valence-electron chi connectivity index (χ2n) is 6.48. The molecule has 4 heteroatoms. The van der Waals surface area contributed by atoms with Gasteiger partial charge < -0.3 is 14.5 Å². The van der Waals surface area contributed by atoms with Gasteiger partial charge in [0, 0.05) is 22.7 Å². The number of fused-ring (bicyclic) bond motifs is 3. The molecule has 0 saturated heterocycles. The molecule has 5 rings (SSSR count). The van der Waals surface area contributed by atoms with E-state index in [1.807, 2.05) is 42.5 Å². The molecule has 2 aromatic heterocycles. The molecule has 0 fully saturated rings. The highest BCUT2D eigenvalue weighted by atomic mass is 16.3. The average molecular weight is 353 g/mol. The first-order chi connectivity index (χ1) is 13.2. The quantitative estimate of drug-likeness (QED) is 0.452. The van der Waals surface area contributed by atoms with E-state index in [0.29, 0.717) is 11.2 Å². The van der Waals surface area contributed by atoms with Crippen LogP contribution >= 0.6 is 0 Å². The van der Waals surface area contributed by atoms with E-state index >= 15 is 0 Å². The van der Waals surface area contributed by atoms with E-state index in [9.17, 15) is 9.90 Å². The van der Waals surface area contributed by atoms with Gasteiger partial charge in [0.2, 0.25) is 0 Å². The molecular formula is C23H15NO3. The van der Waals surface area contributed by atoms with Crippen molar-refractivity contribution in [3.8, 4) is 28.1 Å². The second kappa shape index (κ2) is 5.88. The Morgan fingerprint density at radius 2 is 1.63 bits per heavy atom. The lowest BCUT2D eigenvalue weighted by Gasteiger charge is -2.09. The van der Waals surface area contributed by atoms with Crippen LogP contribution in [0.25, 0.3) is 44.5 Å². The smallest absolute Gasteiger partial charge is 0.182 e. The van der Waals surface area contributed by atoms with Crippen molar-refractivity contribution in [1.82, 2.24) is 4.98 Å². The van der Waals surface area contributed by atoms with Crippen molar-refractivity contribution in [3.63, 3.8) is 0 Å². The normalized spacial score (nSPS) is 11.3. The van der Waals surface area contributed by atoms with E-state index in [0.717, 1.165) is 33.3 Å². The number of aromatic nitrogens is 1. The largest absolute Gasteiger partial charge is 0.508 e. The van der Waals surface area contributed by atoms with Crippen molar-refractivity contribution < 1.29 is 9.52 Å². The monoisotopic (exact) mass is 353 g/mol. The van der Waals surface area contributed by atoms with Gasteiger partial charge in [-0.1, -0.05) is 42.5 Å². The van der Waals surface area contributed by atoms with Crippen LogP contribution in [-0.4, -0.2) is 10.1 Å². The molecule has 0 radical (unpaired) electrons. The zero-order valence-electron chi connectivity index (χ0n) is 14.3. The minimum atomic E-state index is -0.0938. The summed E-state index contributed by atoms with van der Waals surface area (Å²) >= 11 is 0. The van der Waals surface area contributed by atoms with Crippen molar-refractivity contribution in [1.29, 1.82) is 0 Å². The van der Waals surface area contributed by atoms with Gasteiger partial charge in [0.25, 0.3) is 0 Å². The van der Waals surface area contributed by atoms with Gasteiger partial charge >= 0.3 is 0 Å². The van der Waals surface area contributed by atoms with E-state index < -0.39 is 0 Å². The van der Waals surface area contributed by atoms with Crippen LogP contribution in [0.15, 0.2) is 88.1 Å². The average Bonchev–Trinajstić information content (AvgIpc) is 3.05. The Balaban J connectivity index is 1.91. The van der Waals surface area contributed by atoms with Gasteiger partial charge in [-0.2, -0.15) is 0 Å². The number of phenolic OH excluding ortho intramolecular Hbond substituents is 1. The maximum atomic E-state index is 11.7. The number of aromatic hydroxyl groups is 1. The zero-order chi connectivity index (χ0) is 18.4. The Labute approximate surface area is 154 Å². The molecule has 130 valence electrons. The molecule has 0 aliphatic heterocycles. The number of pyridine rings is 1. The number of nitrogens with one attached hydrogen (secondary N) is 1. The summed E-state index contributed by atoms with van der Waals surface area (Å²) < 4.78 is 6.04. The van der Waals surface area contributed by atoms with Gasteiger partial charge in [-0.25, -0.2) is 0 Å². The first kappa shape index (κ1) is 15.5. The highest BCUT2D eigenvalue weighted by Gasteiger charge is 2.16. The minimum absolute atomic E-state index is 0.0938. The molecule has 2 N–H and O–H groups in total. The van der Waals surface area contributed by atoms with Gasteiger partial charge in [-0.3, -0.25) is 4.79 Å². The van der Waals surface area contributed by atoms with E-state index in [4.69, 9.17) is 4.42 Å². The highest BCUT2D eigenvalue weighted by molar-refractivity contribution is 6.08. The molecule has 0 saturated carbocycles. The topological polar surface area (TPSA) is 66.2 Å². The number of benzene rings is 3. The van der Waals surface area contributed by atoms with Crippen LogP contribution in [0.5, 0.6) is 5.75 Å². The van der Waals surface area contributed by atoms with Crippen LogP contribution in [0.4, 0.5) is 0 Å². The molecule has 0 aliphatic rings. The first-order valence-corrected chi connectivity index (χ1v) is 8.63. The van der Waals surface area contributed by atoms with Crippen LogP contribution in [0.1, 0.15) is 0 Å². The lowest BCUT2D eigenvalue weighted by atomic mass is 10.0. The fourth-order valence-corrected chi connectivity index (χ4v) is 3.43. The Kier molecular flexibility index (Phi) is 3.37. The van der Waals surface area contributed by atoms with Gasteiger partial charge in [0.15, 0.2) is 11.0 Å². The van der Waals surface area contributed by atoms with E-state index in [-0.39, 0.29) is 11.2 Å². The Bertz CT molecular complexity index is 1350. The number of hydrogen-bond donors (Lipinski definition) is 2. The van der Waals surface area contributed by atoms with Gasteiger partial charge in [0.05, 0.1) is 5.52 Å². The standard InChI is InChI=1S/C23H15NO3/c25-16-8-4-7-15(11-16)19-13-20(14-5-2-1-3-6-14)24-22-18-10-9-17(26)12-21(18)27-23(19)22/h1-13,24-25H. The summed E-state index contributed by atoms with van der Waals surface area (Å²) in [6, 6.07) is 23.9. The maximum Gasteiger partial charge on any atom is 0.182 e. The fraction of sp³-hybridized carbons (Fsp3) is 0. The first-order valence-electron chi connectivity index (χ1n) is 8.63. The third kappa shape index (κ3) is 2.59. The number of aromatic amines is 1. The zero-order valence-corrected chi connectivity index (χ0v) is 14.3. The van der Waals surface area contributed by atoms with Crippen LogP contribution in [-0.2, 0) is 0 Å². The molecule has 0 unspecified atom stereocenters. The van der Waals surface area contributed by atoms with Gasteiger partial charge in [-0.15, -0.1) is 0 Å². The number of rotatable bonds is 2. The molecule has 0 amide bonds. The van der Waals surface area contributed by atoms with E-state index in [2.05, 4.69) is 4.98 Å². The summed E-state index contributed by atoms with van der Waals surface area (Å²) in [5, 5.41) is 10.8. The Morgan fingerprint density at radius 3 is 2.44 bits per heavy atom. The van der Waals surface area contributed by atoms with Crippen LogP contribution < -0.4 is 5.43 Å². The summed E-state index contributed by atoms with van der Waals surface area (Å²) in [6.45, 7) is 0. The predicted octanol–water partition coefficient (Wildman–Crippen LogP) is 5.31. The van der Waals surface area contributed by atoms with Crippen molar-refractivity contribution >= 4 is 22.1 Å². The third-order valence-electron chi connectivity index (χ3n) is 4.70. The van der Waals surface area contributed by atoms with Crippen molar-refractivity contribution in [2.75, 3.05) is 0 Å². The van der Waals surface area contributed by atoms with Crippen LogP contribution in [0, 0.1) is 0 Å². The van der Waals surface area contributed by atoms with Gasteiger partial charge in [-0.05, 0) is 41.5 Å². The fourth-order valence-electron chi connectivity index (χ4n) is 3.43. The highest BCUT2D eigenvalue weighted by Crippen LogP contribution is 2.37. The Hall–Kier alpha value is -3.79.